The molecule has 1 atom stereocenters. The van der Waals surface area contributed by atoms with E-state index >= 15 is 0 Å². The quantitative estimate of drug-likeness (QED) is 0.708. The first-order valence-electron chi connectivity index (χ1n) is 5.77. The third-order valence-corrected chi connectivity index (χ3v) is 2.37. The first kappa shape index (κ1) is 13.5. The Morgan fingerprint density at radius 2 is 2.12 bits per heavy atom. The van der Waals surface area contributed by atoms with E-state index in [1.54, 1.807) is 24.3 Å². The van der Waals surface area contributed by atoms with Crippen LogP contribution < -0.4 is 5.32 Å². The van der Waals surface area contributed by atoms with Crippen LogP contribution in [0.3, 0.4) is 0 Å². The average Bonchev–Trinajstić information content (AvgIpc) is 2.35. The second-order valence-electron chi connectivity index (χ2n) is 3.66. The monoisotopic (exact) mass is 234 g/mol. The summed E-state index contributed by atoms with van der Waals surface area (Å²) in [6.45, 7) is 4.12. The number of nitriles is 1. The van der Waals surface area contributed by atoms with Crippen LogP contribution >= 0.6 is 0 Å². The molecule has 0 aliphatic heterocycles. The number of rotatable bonds is 7. The minimum Gasteiger partial charge on any atom is -0.508 e. The van der Waals surface area contributed by atoms with Crippen LogP contribution in [0.4, 0.5) is 0 Å². The highest BCUT2D eigenvalue weighted by atomic mass is 16.5. The third kappa shape index (κ3) is 4.85. The molecule has 2 N–H and O–H groups in total. The fourth-order valence-corrected chi connectivity index (χ4v) is 1.47. The third-order valence-electron chi connectivity index (χ3n) is 2.37. The molecular weight excluding hydrogens is 216 g/mol. The van der Waals surface area contributed by atoms with Crippen LogP contribution in [-0.2, 0) is 4.74 Å². The van der Waals surface area contributed by atoms with Crippen molar-refractivity contribution in [2.75, 3.05) is 19.8 Å². The van der Waals surface area contributed by atoms with Crippen LogP contribution in [0.15, 0.2) is 24.3 Å². The van der Waals surface area contributed by atoms with Crippen LogP contribution in [0, 0.1) is 11.3 Å². The van der Waals surface area contributed by atoms with Crippen molar-refractivity contribution in [3.63, 3.8) is 0 Å². The summed E-state index contributed by atoms with van der Waals surface area (Å²) in [6, 6.07) is 8.53. The zero-order valence-electron chi connectivity index (χ0n) is 10.0. The topological polar surface area (TPSA) is 65.3 Å². The van der Waals surface area contributed by atoms with Crippen LogP contribution in [0.5, 0.6) is 5.75 Å². The predicted octanol–water partition coefficient (Wildman–Crippen LogP) is 1.97. The van der Waals surface area contributed by atoms with E-state index in [1.165, 1.54) is 0 Å². The maximum atomic E-state index is 9.16. The summed E-state index contributed by atoms with van der Waals surface area (Å²) < 4.78 is 5.21. The van der Waals surface area contributed by atoms with Crippen LogP contribution in [0.1, 0.15) is 24.9 Å². The highest BCUT2D eigenvalue weighted by Gasteiger charge is 2.08. The largest absolute Gasteiger partial charge is 0.508 e. The van der Waals surface area contributed by atoms with Crippen molar-refractivity contribution in [1.29, 1.82) is 5.26 Å². The molecule has 0 radical (unpaired) electrons. The average molecular weight is 234 g/mol. The minimum absolute atomic E-state index is 0.210. The molecule has 0 aliphatic carbocycles. The summed E-state index contributed by atoms with van der Waals surface area (Å²) in [5.74, 6) is 0.210. The molecule has 4 nitrogen and oxygen atoms in total. The smallest absolute Gasteiger partial charge is 0.121 e. The van der Waals surface area contributed by atoms with Gasteiger partial charge in [0.2, 0.25) is 0 Å². The van der Waals surface area contributed by atoms with E-state index < -0.39 is 0 Å². The lowest BCUT2D eigenvalue weighted by molar-refractivity contribution is 0.144. The van der Waals surface area contributed by atoms with Crippen molar-refractivity contribution in [2.24, 2.45) is 0 Å². The molecule has 0 spiro atoms. The molecule has 0 amide bonds. The van der Waals surface area contributed by atoms with Gasteiger partial charge in [-0.1, -0.05) is 12.1 Å². The first-order valence-corrected chi connectivity index (χ1v) is 5.77. The van der Waals surface area contributed by atoms with Gasteiger partial charge in [-0.2, -0.15) is 5.26 Å². The Morgan fingerprint density at radius 3 is 2.71 bits per heavy atom. The second kappa shape index (κ2) is 7.66. The molecule has 0 aliphatic rings. The van der Waals surface area contributed by atoms with Gasteiger partial charge in [0.25, 0.3) is 0 Å². The number of ether oxygens (including phenoxy) is 1. The highest BCUT2D eigenvalue weighted by Crippen LogP contribution is 2.16. The standard InChI is InChI=1S/C13H18N2O2/c1-2-17-9-3-8-15-13(10-14)11-4-6-12(16)7-5-11/h4-7,13,15-16H,2-3,8-9H2,1H3. The van der Waals surface area contributed by atoms with Gasteiger partial charge in [0.1, 0.15) is 11.8 Å². The molecule has 1 aromatic rings. The molecule has 0 saturated heterocycles. The second-order valence-corrected chi connectivity index (χ2v) is 3.66. The Labute approximate surface area is 102 Å². The van der Waals surface area contributed by atoms with Gasteiger partial charge in [0, 0.05) is 13.2 Å². The number of phenolic OH excluding ortho intramolecular Hbond substituents is 1. The van der Waals surface area contributed by atoms with Crippen molar-refractivity contribution in [1.82, 2.24) is 5.32 Å². The van der Waals surface area contributed by atoms with Gasteiger partial charge >= 0.3 is 0 Å². The zero-order valence-corrected chi connectivity index (χ0v) is 10.0. The summed E-state index contributed by atoms with van der Waals surface area (Å²) in [5, 5.41) is 21.4. The lowest BCUT2D eigenvalue weighted by Gasteiger charge is -2.11. The van der Waals surface area contributed by atoms with E-state index in [0.717, 1.165) is 25.1 Å². The van der Waals surface area contributed by atoms with Gasteiger partial charge in [0.15, 0.2) is 0 Å². The van der Waals surface area contributed by atoms with Crippen molar-refractivity contribution in [2.45, 2.75) is 19.4 Å². The summed E-state index contributed by atoms with van der Waals surface area (Å²) in [6.07, 6.45) is 0.879. The molecule has 92 valence electrons. The fourth-order valence-electron chi connectivity index (χ4n) is 1.47. The molecule has 1 aromatic carbocycles. The molecular formula is C13H18N2O2. The van der Waals surface area contributed by atoms with Crippen molar-refractivity contribution in [3.05, 3.63) is 29.8 Å². The first-order chi connectivity index (χ1) is 8.27. The van der Waals surface area contributed by atoms with E-state index in [1.807, 2.05) is 6.92 Å². The van der Waals surface area contributed by atoms with Crippen LogP contribution in [0.2, 0.25) is 0 Å². The number of nitrogens with zero attached hydrogens (tertiary/aromatic N) is 1. The molecule has 0 bridgehead atoms. The molecule has 1 rings (SSSR count). The van der Waals surface area contributed by atoms with Crippen molar-refractivity contribution in [3.8, 4) is 11.8 Å². The zero-order chi connectivity index (χ0) is 12.5. The van der Waals surface area contributed by atoms with Crippen LogP contribution in [0.25, 0.3) is 0 Å². The lowest BCUT2D eigenvalue weighted by Crippen LogP contribution is -2.22. The number of hydrogen-bond donors (Lipinski definition) is 2. The number of nitrogens with one attached hydrogen (secondary N) is 1. The Hall–Kier alpha value is -1.57. The van der Waals surface area contributed by atoms with Gasteiger partial charge in [-0.25, -0.2) is 0 Å². The Bertz CT molecular complexity index is 357. The summed E-state index contributed by atoms with van der Waals surface area (Å²) in [7, 11) is 0. The minimum atomic E-state index is -0.336. The molecule has 0 fully saturated rings. The van der Waals surface area contributed by atoms with E-state index in [2.05, 4.69) is 11.4 Å². The maximum absolute atomic E-state index is 9.16. The number of hydrogen-bond acceptors (Lipinski definition) is 4. The van der Waals surface area contributed by atoms with E-state index in [4.69, 9.17) is 15.1 Å². The van der Waals surface area contributed by atoms with Crippen LogP contribution in [-0.4, -0.2) is 24.9 Å². The van der Waals surface area contributed by atoms with Gasteiger partial charge in [-0.15, -0.1) is 0 Å². The van der Waals surface area contributed by atoms with E-state index in [9.17, 15) is 0 Å². The van der Waals surface area contributed by atoms with Crippen molar-refractivity contribution < 1.29 is 9.84 Å². The Balaban J connectivity index is 2.39. The highest BCUT2D eigenvalue weighted by molar-refractivity contribution is 5.30. The SMILES string of the molecule is CCOCCCNC(C#N)c1ccc(O)cc1. The summed E-state index contributed by atoms with van der Waals surface area (Å²) in [4.78, 5) is 0. The molecule has 0 saturated carbocycles. The molecule has 4 heteroatoms. The normalized spacial score (nSPS) is 12.0. The Kier molecular flexibility index (Phi) is 6.08. The van der Waals surface area contributed by atoms with Gasteiger partial charge in [-0.05, 0) is 37.6 Å². The van der Waals surface area contributed by atoms with E-state index in [-0.39, 0.29) is 11.8 Å². The van der Waals surface area contributed by atoms with Gasteiger partial charge in [0.05, 0.1) is 6.07 Å². The molecule has 0 aromatic heterocycles. The lowest BCUT2D eigenvalue weighted by atomic mass is 10.1. The Morgan fingerprint density at radius 1 is 1.41 bits per heavy atom. The van der Waals surface area contributed by atoms with Gasteiger partial charge in [-0.3, -0.25) is 5.32 Å². The molecule has 1 unspecified atom stereocenters. The van der Waals surface area contributed by atoms with Crippen molar-refractivity contribution >= 4 is 0 Å². The molecule has 17 heavy (non-hydrogen) atoms. The number of aromatic hydroxyl groups is 1. The maximum Gasteiger partial charge on any atom is 0.121 e. The number of phenols is 1. The fraction of sp³-hybridized carbons (Fsp3) is 0.462. The summed E-state index contributed by atoms with van der Waals surface area (Å²) in [5.41, 5.74) is 0.863. The number of benzene rings is 1. The predicted molar refractivity (Wildman–Crippen MR) is 65.6 cm³/mol. The molecule has 0 heterocycles. The van der Waals surface area contributed by atoms with E-state index in [0.29, 0.717) is 6.61 Å². The van der Waals surface area contributed by atoms with Gasteiger partial charge < -0.3 is 9.84 Å². The summed E-state index contributed by atoms with van der Waals surface area (Å²) >= 11 is 0.